The molecule has 6 nitrogen and oxygen atoms in total. The quantitative estimate of drug-likeness (QED) is 0.642. The molecule has 1 aromatic carbocycles. The molecule has 0 radical (unpaired) electrons. The molecule has 0 spiro atoms. The van der Waals surface area contributed by atoms with E-state index in [1.807, 2.05) is 19.9 Å². The summed E-state index contributed by atoms with van der Waals surface area (Å²) in [6, 6.07) is 4.04. The lowest BCUT2D eigenvalue weighted by Gasteiger charge is -2.14. The summed E-state index contributed by atoms with van der Waals surface area (Å²) in [7, 11) is 1.74. The lowest BCUT2D eigenvalue weighted by Crippen LogP contribution is -2.18. The number of aryl methyl sites for hydroxylation is 3. The van der Waals surface area contributed by atoms with E-state index in [1.54, 1.807) is 11.7 Å². The summed E-state index contributed by atoms with van der Waals surface area (Å²) in [4.78, 5) is 16.7. The highest BCUT2D eigenvalue weighted by Gasteiger charge is 2.31. The molecule has 8 heteroatoms. The van der Waals surface area contributed by atoms with E-state index in [-0.39, 0.29) is 23.6 Å². The zero-order chi connectivity index (χ0) is 20.0. The number of benzene rings is 1. The fourth-order valence-electron chi connectivity index (χ4n) is 3.72. The van der Waals surface area contributed by atoms with Gasteiger partial charge < -0.3 is 9.47 Å². The van der Waals surface area contributed by atoms with Crippen LogP contribution in [0.2, 0.25) is 0 Å². The van der Waals surface area contributed by atoms with Crippen molar-refractivity contribution in [2.45, 2.75) is 32.8 Å². The van der Waals surface area contributed by atoms with Crippen molar-refractivity contribution >= 4 is 17.0 Å². The third-order valence-electron chi connectivity index (χ3n) is 4.91. The SMILES string of the molecule is Cc1cc(C)c2c(OCC(=O)OC3CCc4c(F)ccc(F)c43)nn(C)c2n1. The molecule has 0 aliphatic heterocycles. The molecule has 1 unspecified atom stereocenters. The molecule has 1 atom stereocenters. The Labute approximate surface area is 160 Å². The Hall–Kier alpha value is -3.03. The van der Waals surface area contributed by atoms with Gasteiger partial charge in [0.25, 0.3) is 0 Å². The highest BCUT2D eigenvalue weighted by molar-refractivity contribution is 5.85. The van der Waals surface area contributed by atoms with Gasteiger partial charge in [0.1, 0.15) is 17.7 Å². The molecule has 0 amide bonds. The zero-order valence-corrected chi connectivity index (χ0v) is 15.8. The predicted molar refractivity (Wildman–Crippen MR) is 97.0 cm³/mol. The van der Waals surface area contributed by atoms with E-state index in [1.165, 1.54) is 0 Å². The molecular weight excluding hydrogens is 368 g/mol. The van der Waals surface area contributed by atoms with E-state index in [4.69, 9.17) is 9.47 Å². The first-order chi connectivity index (χ1) is 13.3. The second-order valence-electron chi connectivity index (χ2n) is 6.94. The van der Waals surface area contributed by atoms with Crippen molar-refractivity contribution < 1.29 is 23.0 Å². The molecule has 146 valence electrons. The Kier molecular flexibility index (Phi) is 4.49. The van der Waals surface area contributed by atoms with Crippen LogP contribution in [0.1, 0.15) is 34.9 Å². The molecule has 0 N–H and O–H groups in total. The highest BCUT2D eigenvalue weighted by atomic mass is 19.1. The molecule has 0 bridgehead atoms. The van der Waals surface area contributed by atoms with Gasteiger partial charge in [0, 0.05) is 18.3 Å². The van der Waals surface area contributed by atoms with Crippen LogP contribution >= 0.6 is 0 Å². The minimum absolute atomic E-state index is 0.118. The van der Waals surface area contributed by atoms with Crippen LogP contribution in [-0.4, -0.2) is 27.3 Å². The van der Waals surface area contributed by atoms with Crippen LogP contribution in [0.5, 0.6) is 5.88 Å². The van der Waals surface area contributed by atoms with Crippen molar-refractivity contribution in [3.8, 4) is 5.88 Å². The second-order valence-corrected chi connectivity index (χ2v) is 6.94. The Balaban J connectivity index is 1.49. The smallest absolute Gasteiger partial charge is 0.344 e. The van der Waals surface area contributed by atoms with Gasteiger partial charge in [0.05, 0.1) is 5.39 Å². The van der Waals surface area contributed by atoms with Crippen LogP contribution in [-0.2, 0) is 23.0 Å². The lowest BCUT2D eigenvalue weighted by molar-refractivity contribution is -0.152. The monoisotopic (exact) mass is 387 g/mol. The Morgan fingerprint density at radius 2 is 2.04 bits per heavy atom. The van der Waals surface area contributed by atoms with E-state index in [0.717, 1.165) is 28.8 Å². The maximum Gasteiger partial charge on any atom is 0.344 e. The van der Waals surface area contributed by atoms with Gasteiger partial charge in [-0.05, 0) is 56.0 Å². The molecule has 28 heavy (non-hydrogen) atoms. The van der Waals surface area contributed by atoms with Gasteiger partial charge in [0.15, 0.2) is 12.3 Å². The summed E-state index contributed by atoms with van der Waals surface area (Å²) in [5, 5.41) is 4.99. The molecule has 0 saturated carbocycles. The van der Waals surface area contributed by atoms with E-state index in [0.29, 0.717) is 18.5 Å². The fraction of sp³-hybridized carbons (Fsp3) is 0.350. The number of esters is 1. The maximum atomic E-state index is 14.1. The van der Waals surface area contributed by atoms with Crippen LogP contribution in [0.15, 0.2) is 18.2 Å². The number of fused-ring (bicyclic) bond motifs is 2. The van der Waals surface area contributed by atoms with Crippen molar-refractivity contribution in [3.63, 3.8) is 0 Å². The molecule has 4 rings (SSSR count). The third-order valence-corrected chi connectivity index (χ3v) is 4.91. The van der Waals surface area contributed by atoms with Crippen LogP contribution in [0.25, 0.3) is 11.0 Å². The highest BCUT2D eigenvalue weighted by Crippen LogP contribution is 2.37. The third kappa shape index (κ3) is 3.08. The summed E-state index contributed by atoms with van der Waals surface area (Å²) >= 11 is 0. The van der Waals surface area contributed by atoms with E-state index < -0.39 is 23.7 Å². The minimum atomic E-state index is -0.812. The van der Waals surface area contributed by atoms with Crippen molar-refractivity contribution in [1.29, 1.82) is 0 Å². The fourth-order valence-corrected chi connectivity index (χ4v) is 3.72. The van der Waals surface area contributed by atoms with Crippen molar-refractivity contribution in [2.75, 3.05) is 6.61 Å². The van der Waals surface area contributed by atoms with Gasteiger partial charge in [-0.15, -0.1) is 5.10 Å². The molecule has 3 aromatic rings. The van der Waals surface area contributed by atoms with Gasteiger partial charge >= 0.3 is 5.97 Å². The summed E-state index contributed by atoms with van der Waals surface area (Å²) in [6.45, 7) is 3.41. The largest absolute Gasteiger partial charge is 0.464 e. The summed E-state index contributed by atoms with van der Waals surface area (Å²) < 4.78 is 40.4. The maximum absolute atomic E-state index is 14.1. The van der Waals surface area contributed by atoms with Crippen LogP contribution in [0.3, 0.4) is 0 Å². The standard InChI is InChI=1S/C20H19F2N3O3/c1-10-8-11(2)23-19-17(10)20(24-25(19)3)27-9-16(26)28-15-7-4-12-13(21)5-6-14(22)18(12)15/h5-6,8,15H,4,7,9H2,1-3H3. The second kappa shape index (κ2) is 6.85. The molecule has 2 heterocycles. The number of halogens is 2. The van der Waals surface area contributed by atoms with Gasteiger partial charge in [-0.25, -0.2) is 23.2 Å². The lowest BCUT2D eigenvalue weighted by atomic mass is 10.1. The number of carbonyl (C=O) groups excluding carboxylic acids is 1. The Bertz CT molecular complexity index is 1090. The normalized spacial score (nSPS) is 15.7. The topological polar surface area (TPSA) is 66.2 Å². The first-order valence-corrected chi connectivity index (χ1v) is 8.95. The minimum Gasteiger partial charge on any atom is -0.464 e. The van der Waals surface area contributed by atoms with Crippen molar-refractivity contribution in [2.24, 2.45) is 7.05 Å². The van der Waals surface area contributed by atoms with Gasteiger partial charge in [-0.2, -0.15) is 0 Å². The van der Waals surface area contributed by atoms with E-state index in [2.05, 4.69) is 10.1 Å². The molecule has 1 aliphatic rings. The number of rotatable bonds is 4. The van der Waals surface area contributed by atoms with Crippen LogP contribution in [0, 0.1) is 25.5 Å². The number of aromatic nitrogens is 3. The molecule has 2 aromatic heterocycles. The number of carbonyl (C=O) groups is 1. The molecule has 0 fully saturated rings. The average molecular weight is 387 g/mol. The summed E-state index contributed by atoms with van der Waals surface area (Å²) in [6.07, 6.45) is -0.144. The summed E-state index contributed by atoms with van der Waals surface area (Å²) in [5.41, 5.74) is 2.83. The Morgan fingerprint density at radius 3 is 2.82 bits per heavy atom. The van der Waals surface area contributed by atoms with E-state index in [9.17, 15) is 13.6 Å². The first-order valence-electron chi connectivity index (χ1n) is 8.95. The van der Waals surface area contributed by atoms with Crippen molar-refractivity contribution in [1.82, 2.24) is 14.8 Å². The van der Waals surface area contributed by atoms with Crippen LogP contribution < -0.4 is 4.74 Å². The summed E-state index contributed by atoms with van der Waals surface area (Å²) in [5.74, 6) is -1.44. The van der Waals surface area contributed by atoms with E-state index >= 15 is 0 Å². The number of hydrogen-bond acceptors (Lipinski definition) is 5. The van der Waals surface area contributed by atoms with Gasteiger partial charge in [0.2, 0.25) is 5.88 Å². The Morgan fingerprint density at radius 1 is 1.29 bits per heavy atom. The number of nitrogens with zero attached hydrogens (tertiary/aromatic N) is 3. The predicted octanol–water partition coefficient (Wildman–Crippen LogP) is 3.47. The number of pyridine rings is 1. The van der Waals surface area contributed by atoms with Gasteiger partial charge in [-0.3, -0.25) is 0 Å². The van der Waals surface area contributed by atoms with Crippen LogP contribution in [0.4, 0.5) is 8.78 Å². The number of hydrogen-bond donors (Lipinski definition) is 0. The first kappa shape index (κ1) is 18.3. The molecular formula is C20H19F2N3O3. The molecule has 1 aliphatic carbocycles. The van der Waals surface area contributed by atoms with Gasteiger partial charge in [-0.1, -0.05) is 0 Å². The van der Waals surface area contributed by atoms with Crippen molar-refractivity contribution in [3.05, 3.63) is 52.2 Å². The zero-order valence-electron chi connectivity index (χ0n) is 15.8. The molecule has 0 saturated heterocycles. The average Bonchev–Trinajstić information content (AvgIpc) is 3.19. The number of ether oxygens (including phenoxy) is 2.